The Labute approximate surface area is 105 Å². The van der Waals surface area contributed by atoms with Crippen molar-refractivity contribution in [3.8, 4) is 0 Å². The Morgan fingerprint density at radius 3 is 2.26 bits per heavy atom. The number of carbonyl (C=O) groups is 2. The van der Waals surface area contributed by atoms with Crippen LogP contribution in [0.2, 0.25) is 0 Å². The molecule has 0 bridgehead atoms. The van der Waals surface area contributed by atoms with Gasteiger partial charge < -0.3 is 14.8 Å². The fourth-order valence-electron chi connectivity index (χ4n) is 1.32. The Bertz CT molecular complexity index is 385. The largest absolute Gasteiger partial charge is 0.481 e. The Balaban J connectivity index is 4.75. The lowest BCUT2D eigenvalue weighted by Gasteiger charge is -2.23. The number of halogens is 3. The molecule has 4 N–H and O–H groups in total. The summed E-state index contributed by atoms with van der Waals surface area (Å²) in [6.45, 7) is 0. The van der Waals surface area contributed by atoms with Crippen LogP contribution in [0.4, 0.5) is 13.2 Å². The van der Waals surface area contributed by atoms with Gasteiger partial charge in [0, 0.05) is 12.6 Å². The average molecular weight is 307 g/mol. The molecule has 1 unspecified atom stereocenters. The smallest absolute Gasteiger partial charge is 0.401 e. The SMILES string of the molecule is NOC(=O)CCCP(=O)(O)[C@@H](CC(=O)O)C(F)(F)F. The van der Waals surface area contributed by atoms with Crippen molar-refractivity contribution in [1.82, 2.24) is 0 Å². The van der Waals surface area contributed by atoms with Gasteiger partial charge in [0.05, 0.1) is 6.42 Å². The van der Waals surface area contributed by atoms with E-state index in [-0.39, 0.29) is 6.42 Å². The van der Waals surface area contributed by atoms with Gasteiger partial charge in [0.1, 0.15) is 5.66 Å². The van der Waals surface area contributed by atoms with Crippen LogP contribution >= 0.6 is 7.37 Å². The number of rotatable bonds is 7. The number of carboxylic acids is 1. The fraction of sp³-hybridized carbons (Fsp3) is 0.750. The molecule has 0 aromatic carbocycles. The van der Waals surface area contributed by atoms with Gasteiger partial charge in [-0.2, -0.15) is 19.1 Å². The van der Waals surface area contributed by atoms with Gasteiger partial charge in [0.2, 0.25) is 7.37 Å². The van der Waals surface area contributed by atoms with Crippen molar-refractivity contribution in [3.05, 3.63) is 0 Å². The predicted octanol–water partition coefficient (Wildman–Crippen LogP) is 0.859. The van der Waals surface area contributed by atoms with Gasteiger partial charge in [0.15, 0.2) is 0 Å². The molecule has 11 heteroatoms. The van der Waals surface area contributed by atoms with Crippen molar-refractivity contribution in [2.75, 3.05) is 6.16 Å². The first-order chi connectivity index (χ1) is 8.50. The summed E-state index contributed by atoms with van der Waals surface area (Å²) >= 11 is 0. The van der Waals surface area contributed by atoms with Crippen LogP contribution in [0.3, 0.4) is 0 Å². The van der Waals surface area contributed by atoms with Gasteiger partial charge in [-0.3, -0.25) is 14.2 Å². The summed E-state index contributed by atoms with van der Waals surface area (Å²) in [6, 6.07) is 0. The highest BCUT2D eigenvalue weighted by atomic mass is 31.2. The zero-order chi connectivity index (χ0) is 15.3. The summed E-state index contributed by atoms with van der Waals surface area (Å²) in [5.74, 6) is 1.70. The molecule has 0 radical (unpaired) electrons. The molecular formula is C8H13F3NO6P. The number of hydrogen-bond donors (Lipinski definition) is 3. The van der Waals surface area contributed by atoms with Crippen LogP contribution in [0.15, 0.2) is 0 Å². The van der Waals surface area contributed by atoms with Crippen LogP contribution in [0.5, 0.6) is 0 Å². The topological polar surface area (TPSA) is 127 Å². The number of alkyl halides is 3. The standard InChI is InChI=1S/C8H13F3NO6P/c9-8(10,11)5(4-6(13)14)19(16,17)3-1-2-7(15)18-12/h5H,1-4,12H2,(H,13,14)(H,16,17)/t5-/m0/s1. The summed E-state index contributed by atoms with van der Waals surface area (Å²) in [6.07, 6.45) is -8.26. The van der Waals surface area contributed by atoms with Crippen LogP contribution in [0.1, 0.15) is 19.3 Å². The minimum absolute atomic E-state index is 0.365. The predicted molar refractivity (Wildman–Crippen MR) is 56.3 cm³/mol. The van der Waals surface area contributed by atoms with Gasteiger partial charge in [-0.25, -0.2) is 0 Å². The summed E-state index contributed by atoms with van der Waals surface area (Å²) in [5, 5.41) is 8.34. The molecule has 7 nitrogen and oxygen atoms in total. The number of nitrogens with two attached hydrogens (primary N) is 1. The summed E-state index contributed by atoms with van der Waals surface area (Å²) in [4.78, 5) is 34.0. The lowest BCUT2D eigenvalue weighted by molar-refractivity contribution is -0.151. The molecule has 0 aliphatic rings. The normalized spacial score (nSPS) is 16.5. The first kappa shape index (κ1) is 17.9. The van der Waals surface area contributed by atoms with E-state index in [9.17, 15) is 32.2 Å². The maximum atomic E-state index is 12.5. The van der Waals surface area contributed by atoms with E-state index in [1.54, 1.807) is 0 Å². The highest BCUT2D eigenvalue weighted by molar-refractivity contribution is 7.58. The van der Waals surface area contributed by atoms with Crippen molar-refractivity contribution in [3.63, 3.8) is 0 Å². The van der Waals surface area contributed by atoms with Crippen LogP contribution in [0.25, 0.3) is 0 Å². The van der Waals surface area contributed by atoms with Crippen LogP contribution in [0, 0.1) is 0 Å². The lowest BCUT2D eigenvalue weighted by atomic mass is 10.3. The third kappa shape index (κ3) is 6.55. The lowest BCUT2D eigenvalue weighted by Crippen LogP contribution is -2.32. The molecule has 19 heavy (non-hydrogen) atoms. The van der Waals surface area contributed by atoms with E-state index in [4.69, 9.17) is 5.11 Å². The van der Waals surface area contributed by atoms with Crippen LogP contribution in [-0.2, 0) is 19.0 Å². The molecule has 0 heterocycles. The monoisotopic (exact) mass is 307 g/mol. The second-order valence-electron chi connectivity index (χ2n) is 3.73. The summed E-state index contributed by atoms with van der Waals surface area (Å²) < 4.78 is 49.1. The molecule has 0 aromatic heterocycles. The number of carboxylic acid groups (broad SMARTS) is 1. The van der Waals surface area contributed by atoms with Gasteiger partial charge >= 0.3 is 18.1 Å². The van der Waals surface area contributed by atoms with E-state index in [1.165, 1.54) is 0 Å². The molecule has 0 fully saturated rings. The third-order valence-corrected chi connectivity index (χ3v) is 4.63. The van der Waals surface area contributed by atoms with Crippen molar-refractivity contribution in [2.24, 2.45) is 5.90 Å². The van der Waals surface area contributed by atoms with Gasteiger partial charge in [-0.05, 0) is 6.42 Å². The van der Waals surface area contributed by atoms with E-state index in [0.717, 1.165) is 0 Å². The Morgan fingerprint density at radius 1 is 1.37 bits per heavy atom. The average Bonchev–Trinajstić information content (AvgIpc) is 2.23. The first-order valence-electron chi connectivity index (χ1n) is 5.00. The Morgan fingerprint density at radius 2 is 1.89 bits per heavy atom. The van der Waals surface area contributed by atoms with Gasteiger partial charge in [-0.15, -0.1) is 0 Å². The summed E-state index contributed by atoms with van der Waals surface area (Å²) in [5.41, 5.74) is -2.86. The fourth-order valence-corrected chi connectivity index (χ4v) is 3.14. The van der Waals surface area contributed by atoms with Crippen LogP contribution in [-0.4, -0.2) is 39.9 Å². The molecule has 0 aliphatic carbocycles. The van der Waals surface area contributed by atoms with Gasteiger partial charge in [-0.1, -0.05) is 0 Å². The van der Waals surface area contributed by atoms with E-state index in [2.05, 4.69) is 10.7 Å². The molecule has 112 valence electrons. The maximum Gasteiger partial charge on any atom is 0.401 e. The highest BCUT2D eigenvalue weighted by Crippen LogP contribution is 2.54. The molecule has 2 atom stereocenters. The molecule has 0 spiro atoms. The zero-order valence-electron chi connectivity index (χ0n) is 9.59. The summed E-state index contributed by atoms with van der Waals surface area (Å²) in [7, 11) is -4.80. The Hall–Kier alpha value is -1.12. The minimum atomic E-state index is -5.11. The molecular weight excluding hydrogens is 294 g/mol. The van der Waals surface area contributed by atoms with Crippen molar-refractivity contribution < 1.29 is 42.2 Å². The second-order valence-corrected chi connectivity index (χ2v) is 6.31. The van der Waals surface area contributed by atoms with E-state index < -0.39 is 50.1 Å². The minimum Gasteiger partial charge on any atom is -0.481 e. The van der Waals surface area contributed by atoms with Crippen LogP contribution < -0.4 is 5.90 Å². The third-order valence-electron chi connectivity index (χ3n) is 2.22. The van der Waals surface area contributed by atoms with E-state index in [0.29, 0.717) is 0 Å². The van der Waals surface area contributed by atoms with E-state index >= 15 is 0 Å². The molecule has 0 amide bonds. The molecule has 0 saturated carbocycles. The molecule has 0 saturated heterocycles. The second kappa shape index (κ2) is 6.88. The number of aliphatic carboxylic acids is 1. The molecule has 0 aliphatic heterocycles. The molecule has 0 rings (SSSR count). The van der Waals surface area contributed by atoms with Crippen molar-refractivity contribution in [1.29, 1.82) is 0 Å². The highest BCUT2D eigenvalue weighted by Gasteiger charge is 2.51. The first-order valence-corrected chi connectivity index (χ1v) is 6.91. The quantitative estimate of drug-likeness (QED) is 0.470. The zero-order valence-corrected chi connectivity index (χ0v) is 10.5. The Kier molecular flexibility index (Phi) is 6.47. The van der Waals surface area contributed by atoms with Crippen molar-refractivity contribution >= 4 is 19.3 Å². The number of hydrogen-bond acceptors (Lipinski definition) is 5. The number of carbonyl (C=O) groups excluding carboxylic acids is 1. The van der Waals surface area contributed by atoms with E-state index in [1.807, 2.05) is 0 Å². The maximum absolute atomic E-state index is 12.5. The van der Waals surface area contributed by atoms with Gasteiger partial charge in [0.25, 0.3) is 0 Å². The molecule has 0 aromatic rings. The van der Waals surface area contributed by atoms with Crippen molar-refractivity contribution in [2.45, 2.75) is 31.1 Å².